The highest BCUT2D eigenvalue weighted by Crippen LogP contribution is 2.24. The first-order chi connectivity index (χ1) is 13.0. The van der Waals surface area contributed by atoms with Gasteiger partial charge in [0, 0.05) is 26.1 Å². The number of rotatable bonds is 7. The number of sulfonamides is 1. The van der Waals surface area contributed by atoms with Crippen LogP contribution in [0.2, 0.25) is 0 Å². The number of benzene rings is 1. The Hall–Kier alpha value is -2.12. The van der Waals surface area contributed by atoms with E-state index in [0.717, 1.165) is 24.2 Å². The predicted molar refractivity (Wildman–Crippen MR) is 103 cm³/mol. The van der Waals surface area contributed by atoms with Gasteiger partial charge in [0.2, 0.25) is 15.9 Å². The Bertz CT molecular complexity index is 845. The normalized spacial score (nSPS) is 18.3. The van der Waals surface area contributed by atoms with Crippen LogP contribution in [0.4, 0.5) is 0 Å². The van der Waals surface area contributed by atoms with Gasteiger partial charge in [0.25, 0.3) is 0 Å². The van der Waals surface area contributed by atoms with Crippen LogP contribution in [0.5, 0.6) is 0 Å². The van der Waals surface area contributed by atoms with Gasteiger partial charge in [0.1, 0.15) is 5.76 Å². The van der Waals surface area contributed by atoms with Crippen molar-refractivity contribution in [2.45, 2.75) is 37.5 Å². The molecule has 1 aromatic carbocycles. The molecule has 1 saturated heterocycles. The van der Waals surface area contributed by atoms with Gasteiger partial charge in [0.15, 0.2) is 0 Å². The minimum Gasteiger partial charge on any atom is -0.469 e. The van der Waals surface area contributed by atoms with Gasteiger partial charge in [-0.1, -0.05) is 17.7 Å². The van der Waals surface area contributed by atoms with Gasteiger partial charge in [-0.2, -0.15) is 4.31 Å². The lowest BCUT2D eigenvalue weighted by molar-refractivity contribution is -0.126. The zero-order valence-electron chi connectivity index (χ0n) is 15.6. The first-order valence-corrected chi connectivity index (χ1v) is 10.8. The molecule has 1 fully saturated rings. The smallest absolute Gasteiger partial charge is 0.243 e. The predicted octanol–water partition coefficient (Wildman–Crippen LogP) is 2.74. The molecule has 1 aromatic heterocycles. The molecular formula is C20H26N2O4S. The van der Waals surface area contributed by atoms with Gasteiger partial charge in [-0.05, 0) is 50.5 Å². The number of carbonyl (C=O) groups is 1. The zero-order chi connectivity index (χ0) is 19.3. The topological polar surface area (TPSA) is 79.6 Å². The minimum atomic E-state index is -3.56. The van der Waals surface area contributed by atoms with E-state index in [1.807, 2.05) is 19.1 Å². The van der Waals surface area contributed by atoms with Gasteiger partial charge in [-0.3, -0.25) is 4.79 Å². The summed E-state index contributed by atoms with van der Waals surface area (Å²) in [6.07, 6.45) is 4.60. The molecule has 0 aliphatic carbocycles. The van der Waals surface area contributed by atoms with Crippen molar-refractivity contribution in [2.75, 3.05) is 19.6 Å². The van der Waals surface area contributed by atoms with E-state index in [1.54, 1.807) is 30.5 Å². The van der Waals surface area contributed by atoms with E-state index >= 15 is 0 Å². The number of carbonyl (C=O) groups excluding carboxylic acids is 1. The molecular weight excluding hydrogens is 364 g/mol. The number of hydrogen-bond donors (Lipinski definition) is 1. The number of piperidine rings is 1. The van der Waals surface area contributed by atoms with Crippen LogP contribution < -0.4 is 5.32 Å². The summed E-state index contributed by atoms with van der Waals surface area (Å²) < 4.78 is 32.4. The van der Waals surface area contributed by atoms with Crippen molar-refractivity contribution < 1.29 is 17.6 Å². The molecule has 1 N–H and O–H groups in total. The fourth-order valence-electron chi connectivity index (χ4n) is 3.31. The molecule has 1 amide bonds. The summed E-state index contributed by atoms with van der Waals surface area (Å²) in [5.41, 5.74) is 1.01. The maximum atomic E-state index is 12.8. The SMILES string of the molecule is Cc1ccc(S(=O)(=O)N2CCC[C@H](C(=O)NCCCc3ccco3)C2)cc1. The molecule has 7 heteroatoms. The van der Waals surface area contributed by atoms with Crippen molar-refractivity contribution in [1.29, 1.82) is 0 Å². The second kappa shape index (κ2) is 8.71. The number of amides is 1. The van der Waals surface area contributed by atoms with Gasteiger partial charge in [-0.15, -0.1) is 0 Å². The second-order valence-corrected chi connectivity index (χ2v) is 8.93. The summed E-state index contributed by atoms with van der Waals surface area (Å²) in [6, 6.07) is 10.6. The highest BCUT2D eigenvalue weighted by Gasteiger charge is 2.33. The Balaban J connectivity index is 1.53. The van der Waals surface area contributed by atoms with Gasteiger partial charge < -0.3 is 9.73 Å². The number of furan rings is 1. The molecule has 0 bridgehead atoms. The Morgan fingerprint density at radius 3 is 2.74 bits per heavy atom. The number of aryl methyl sites for hydroxylation is 2. The fourth-order valence-corrected chi connectivity index (χ4v) is 4.83. The average molecular weight is 391 g/mol. The molecule has 0 saturated carbocycles. The number of nitrogens with one attached hydrogen (secondary N) is 1. The Morgan fingerprint density at radius 1 is 1.26 bits per heavy atom. The van der Waals surface area contributed by atoms with Crippen LogP contribution in [-0.4, -0.2) is 38.3 Å². The van der Waals surface area contributed by atoms with Crippen LogP contribution in [0.25, 0.3) is 0 Å². The first-order valence-electron chi connectivity index (χ1n) is 9.34. The summed E-state index contributed by atoms with van der Waals surface area (Å²) in [4.78, 5) is 12.7. The van der Waals surface area contributed by atoms with E-state index in [1.165, 1.54) is 4.31 Å². The third-order valence-electron chi connectivity index (χ3n) is 4.89. The molecule has 0 radical (unpaired) electrons. The molecule has 0 unspecified atom stereocenters. The fraction of sp³-hybridized carbons (Fsp3) is 0.450. The monoisotopic (exact) mass is 390 g/mol. The lowest BCUT2D eigenvalue weighted by Gasteiger charge is -2.31. The van der Waals surface area contributed by atoms with Crippen molar-refractivity contribution >= 4 is 15.9 Å². The van der Waals surface area contributed by atoms with Crippen molar-refractivity contribution in [3.63, 3.8) is 0 Å². The minimum absolute atomic E-state index is 0.0711. The third-order valence-corrected chi connectivity index (χ3v) is 6.77. The standard InChI is InChI=1S/C20H26N2O4S/c1-16-8-10-19(11-9-16)27(24,25)22-13-3-5-17(15-22)20(23)21-12-2-6-18-7-4-14-26-18/h4,7-11,14,17H,2-3,5-6,12-13,15H2,1H3,(H,21,23)/t17-/m0/s1. The van der Waals surface area contributed by atoms with Crippen LogP contribution in [0.15, 0.2) is 52.0 Å². The maximum Gasteiger partial charge on any atom is 0.243 e. The van der Waals surface area contributed by atoms with E-state index in [4.69, 9.17) is 4.42 Å². The second-order valence-electron chi connectivity index (χ2n) is 6.99. The molecule has 0 spiro atoms. The zero-order valence-corrected chi connectivity index (χ0v) is 16.4. The molecule has 146 valence electrons. The van der Waals surface area contributed by atoms with Crippen molar-refractivity contribution in [2.24, 2.45) is 5.92 Å². The molecule has 2 aromatic rings. The number of hydrogen-bond acceptors (Lipinski definition) is 4. The Morgan fingerprint density at radius 2 is 2.04 bits per heavy atom. The van der Waals surface area contributed by atoms with Crippen LogP contribution >= 0.6 is 0 Å². The van der Waals surface area contributed by atoms with Crippen LogP contribution in [0, 0.1) is 12.8 Å². The van der Waals surface area contributed by atoms with Crippen LogP contribution in [0.1, 0.15) is 30.6 Å². The molecule has 2 heterocycles. The lowest BCUT2D eigenvalue weighted by atomic mass is 9.99. The Labute approximate surface area is 160 Å². The van der Waals surface area contributed by atoms with Crippen molar-refractivity contribution in [3.05, 3.63) is 54.0 Å². The molecule has 1 aliphatic heterocycles. The molecule has 1 atom stereocenters. The summed E-state index contributed by atoms with van der Waals surface area (Å²) in [7, 11) is -3.56. The van der Waals surface area contributed by atoms with E-state index in [0.29, 0.717) is 25.9 Å². The van der Waals surface area contributed by atoms with Gasteiger partial charge in [-0.25, -0.2) is 8.42 Å². The lowest BCUT2D eigenvalue weighted by Crippen LogP contribution is -2.45. The van der Waals surface area contributed by atoms with E-state index < -0.39 is 10.0 Å². The van der Waals surface area contributed by atoms with Gasteiger partial charge in [0.05, 0.1) is 17.1 Å². The quantitative estimate of drug-likeness (QED) is 0.737. The summed E-state index contributed by atoms with van der Waals surface area (Å²) in [6.45, 7) is 3.17. The average Bonchev–Trinajstić information content (AvgIpc) is 3.19. The maximum absolute atomic E-state index is 12.8. The van der Waals surface area contributed by atoms with E-state index in [9.17, 15) is 13.2 Å². The molecule has 1 aliphatic rings. The van der Waals surface area contributed by atoms with Crippen molar-refractivity contribution in [3.8, 4) is 0 Å². The van der Waals surface area contributed by atoms with Crippen LogP contribution in [-0.2, 0) is 21.2 Å². The van der Waals surface area contributed by atoms with Crippen molar-refractivity contribution in [1.82, 2.24) is 9.62 Å². The largest absolute Gasteiger partial charge is 0.469 e. The summed E-state index contributed by atoms with van der Waals surface area (Å²) >= 11 is 0. The Kier molecular flexibility index (Phi) is 6.34. The third kappa shape index (κ3) is 4.99. The highest BCUT2D eigenvalue weighted by atomic mass is 32.2. The summed E-state index contributed by atoms with van der Waals surface area (Å²) in [5.74, 6) is 0.526. The molecule has 3 rings (SSSR count). The van der Waals surface area contributed by atoms with Gasteiger partial charge >= 0.3 is 0 Å². The molecule has 27 heavy (non-hydrogen) atoms. The van der Waals surface area contributed by atoms with Crippen LogP contribution in [0.3, 0.4) is 0 Å². The van der Waals surface area contributed by atoms with E-state index in [-0.39, 0.29) is 23.3 Å². The highest BCUT2D eigenvalue weighted by molar-refractivity contribution is 7.89. The van der Waals surface area contributed by atoms with E-state index in [2.05, 4.69) is 5.32 Å². The number of nitrogens with zero attached hydrogens (tertiary/aromatic N) is 1. The first kappa shape index (κ1) is 19.6. The molecule has 6 nitrogen and oxygen atoms in total. The summed E-state index contributed by atoms with van der Waals surface area (Å²) in [5, 5.41) is 2.93.